The average Bonchev–Trinajstić information content (AvgIpc) is 2.63. The highest BCUT2D eigenvalue weighted by molar-refractivity contribution is 7.88. The normalized spacial score (nSPS) is 15.3. The summed E-state index contributed by atoms with van der Waals surface area (Å²) >= 11 is 0. The molecular formula is C28H74O8Si10. The number of ether oxygens (including phenoxy) is 1. The lowest BCUT2D eigenvalue weighted by Gasteiger charge is -2.61. The number of hydrogen-bond acceptors (Lipinski definition) is 8. The van der Waals surface area contributed by atoms with Gasteiger partial charge in [0.2, 0.25) is 0 Å². The van der Waals surface area contributed by atoms with E-state index in [0.29, 0.717) is 12.2 Å². The summed E-state index contributed by atoms with van der Waals surface area (Å²) in [6.45, 7) is 51.2. The summed E-state index contributed by atoms with van der Waals surface area (Å²) in [5, 5.41) is 0. The molecule has 0 fully saturated rings. The van der Waals surface area contributed by atoms with Gasteiger partial charge in [-0.2, -0.15) is 0 Å². The quantitative estimate of drug-likeness (QED) is 0.0521. The maximum absolute atomic E-state index is 12.4. The van der Waals surface area contributed by atoms with Crippen LogP contribution in [0, 0.1) is 0 Å². The molecule has 0 aliphatic carbocycles. The van der Waals surface area contributed by atoms with Crippen LogP contribution in [0.15, 0.2) is 12.2 Å². The van der Waals surface area contributed by atoms with E-state index in [-0.39, 0.29) is 5.97 Å². The summed E-state index contributed by atoms with van der Waals surface area (Å²) in [6, 6.07) is 0.903. The Balaban J connectivity index is 7.65. The van der Waals surface area contributed by atoms with Crippen molar-refractivity contribution in [3.63, 3.8) is 0 Å². The van der Waals surface area contributed by atoms with E-state index in [9.17, 15) is 4.79 Å². The zero-order valence-corrected chi connectivity index (χ0v) is 44.1. The Morgan fingerprint density at radius 2 is 0.739 bits per heavy atom. The van der Waals surface area contributed by atoms with Gasteiger partial charge >= 0.3 is 31.7 Å². The fourth-order valence-electron chi connectivity index (χ4n) is 8.08. The smallest absolute Gasteiger partial charge is 0.333 e. The number of carbonyl (C=O) groups is 1. The number of esters is 1. The summed E-state index contributed by atoms with van der Waals surface area (Å²) < 4.78 is 49.1. The van der Waals surface area contributed by atoms with Gasteiger partial charge in [-0.05, 0) is 151 Å². The molecule has 18 heteroatoms. The largest absolute Gasteiger partial charge is 0.462 e. The molecule has 0 heterocycles. The fourth-order valence-corrected chi connectivity index (χ4v) is 130. The summed E-state index contributed by atoms with van der Waals surface area (Å²) in [6.07, 6.45) is 0.731. The van der Waals surface area contributed by atoms with Crippen molar-refractivity contribution in [3.8, 4) is 0 Å². The summed E-state index contributed by atoms with van der Waals surface area (Å²) in [5.74, 6) is -0.341. The van der Waals surface area contributed by atoms with E-state index in [2.05, 4.69) is 144 Å². The van der Waals surface area contributed by atoms with Gasteiger partial charge in [-0.3, -0.25) is 0 Å². The van der Waals surface area contributed by atoms with Gasteiger partial charge < -0.3 is 29.4 Å². The van der Waals surface area contributed by atoms with Crippen LogP contribution in [0.5, 0.6) is 0 Å². The summed E-state index contributed by atoms with van der Waals surface area (Å²) in [7, 11) is -21.2. The number of rotatable bonds is 20. The molecule has 0 atom stereocenters. The summed E-state index contributed by atoms with van der Waals surface area (Å²) in [4.78, 5) is 12.4. The van der Waals surface area contributed by atoms with Gasteiger partial charge in [0.1, 0.15) is 6.63 Å². The monoisotopic (exact) mass is 818 g/mol. The molecule has 0 radical (unpaired) electrons. The second-order valence-corrected chi connectivity index (χ2v) is 79.0. The first-order valence-electron chi connectivity index (χ1n) is 16.9. The maximum Gasteiger partial charge on any atom is 0.333 e. The van der Waals surface area contributed by atoms with Gasteiger partial charge in [-0.1, -0.05) is 12.6 Å². The van der Waals surface area contributed by atoms with Gasteiger partial charge in [-0.15, -0.1) is 0 Å². The Bertz CT molecular complexity index is 940. The Morgan fingerprint density at radius 3 is 0.957 bits per heavy atom. The van der Waals surface area contributed by atoms with Gasteiger partial charge in [0.15, 0.2) is 48.5 Å². The molecule has 8 nitrogen and oxygen atoms in total. The van der Waals surface area contributed by atoms with E-state index in [1.807, 2.05) is 0 Å². The van der Waals surface area contributed by atoms with E-state index >= 15 is 0 Å². The van der Waals surface area contributed by atoms with E-state index < -0.39 is 80.8 Å². The first kappa shape index (κ1) is 47.1. The van der Waals surface area contributed by atoms with Crippen LogP contribution >= 0.6 is 0 Å². The molecule has 46 heavy (non-hydrogen) atoms. The molecule has 0 N–H and O–H groups in total. The van der Waals surface area contributed by atoms with Crippen molar-refractivity contribution in [2.24, 2.45) is 0 Å². The van der Waals surface area contributed by atoms with Crippen LogP contribution in [0.3, 0.4) is 0 Å². The van der Waals surface area contributed by atoms with Gasteiger partial charge in [0, 0.05) is 5.57 Å². The van der Waals surface area contributed by atoms with Crippen molar-refractivity contribution in [1.29, 1.82) is 0 Å². The maximum atomic E-state index is 12.4. The SMILES string of the molecule is C=C(C)C(=O)OCCC[Si]([Si](C)(C)O[Si](C)(C)O[Si](C)(C)C)([Si](C)(C)O[Si](C)(C)O[Si](C)(C)C)[Si](C)(C)O[Si](C)(C)O[Si](C)(C)C. The zero-order valence-electron chi connectivity index (χ0n) is 34.1. The Labute approximate surface area is 295 Å². The van der Waals surface area contributed by atoms with E-state index in [1.54, 1.807) is 6.92 Å². The van der Waals surface area contributed by atoms with Crippen molar-refractivity contribution in [2.45, 2.75) is 157 Å². The Kier molecular flexibility index (Phi) is 16.2. The van der Waals surface area contributed by atoms with Crippen LogP contribution in [-0.2, 0) is 34.2 Å². The molecule has 0 bridgehead atoms. The molecule has 0 aliphatic heterocycles. The molecule has 0 saturated carbocycles. The van der Waals surface area contributed by atoms with Crippen LogP contribution < -0.4 is 0 Å². The first-order valence-corrected chi connectivity index (χ1v) is 49.5. The lowest BCUT2D eigenvalue weighted by Crippen LogP contribution is -2.89. The van der Waals surface area contributed by atoms with Crippen LogP contribution in [0.2, 0.25) is 144 Å². The van der Waals surface area contributed by atoms with Gasteiger partial charge in [-0.25, -0.2) is 4.79 Å². The molecule has 0 aliphatic rings. The number of carbonyl (C=O) groups excluding carboxylic acids is 1. The van der Waals surface area contributed by atoms with Crippen molar-refractivity contribution >= 4 is 86.7 Å². The van der Waals surface area contributed by atoms with E-state index in [4.69, 9.17) is 29.4 Å². The molecular weight excluding hydrogens is 745 g/mol. The van der Waals surface area contributed by atoms with Crippen LogP contribution in [0.1, 0.15) is 13.3 Å². The Morgan fingerprint density at radius 1 is 0.478 bits per heavy atom. The highest BCUT2D eigenvalue weighted by Gasteiger charge is 2.72. The molecule has 0 aromatic carbocycles. The lowest BCUT2D eigenvalue weighted by molar-refractivity contribution is -0.138. The van der Waals surface area contributed by atoms with Crippen molar-refractivity contribution < 1.29 is 34.2 Å². The second-order valence-electron chi connectivity index (χ2n) is 18.6. The molecule has 0 rings (SSSR count). The van der Waals surface area contributed by atoms with Gasteiger partial charge in [0.25, 0.3) is 0 Å². The molecule has 274 valence electrons. The average molecular weight is 820 g/mol. The highest BCUT2D eigenvalue weighted by Crippen LogP contribution is 2.46. The zero-order chi connectivity index (χ0) is 37.2. The number of hydrogen-bond donors (Lipinski definition) is 0. The Hall–Kier alpha value is 1.14. The third-order valence-electron chi connectivity index (χ3n) is 7.52. The molecule has 0 unspecified atom stereocenters. The van der Waals surface area contributed by atoms with Crippen LogP contribution in [0.4, 0.5) is 0 Å². The van der Waals surface area contributed by atoms with Crippen LogP contribution in [0.25, 0.3) is 0 Å². The topological polar surface area (TPSA) is 81.7 Å². The molecule has 0 saturated heterocycles. The minimum atomic E-state index is -2.69. The van der Waals surface area contributed by atoms with Crippen molar-refractivity contribution in [1.82, 2.24) is 0 Å². The van der Waals surface area contributed by atoms with Crippen molar-refractivity contribution in [2.75, 3.05) is 6.61 Å². The molecule has 0 aromatic rings. The molecule has 0 spiro atoms. The van der Waals surface area contributed by atoms with Gasteiger partial charge in [0.05, 0.1) is 6.61 Å². The third-order valence-corrected chi connectivity index (χ3v) is 96.1. The highest BCUT2D eigenvalue weighted by atomic mass is 29.9. The van der Waals surface area contributed by atoms with E-state index in [0.717, 1.165) is 12.5 Å². The third kappa shape index (κ3) is 15.2. The first-order chi connectivity index (χ1) is 19.8. The lowest BCUT2D eigenvalue weighted by atomic mass is 10.4. The van der Waals surface area contributed by atoms with Crippen molar-refractivity contribution in [3.05, 3.63) is 12.2 Å². The molecule has 0 aromatic heterocycles. The fraction of sp³-hybridized carbons (Fsp3) is 0.893. The minimum absolute atomic E-state index is 0.338. The summed E-state index contributed by atoms with van der Waals surface area (Å²) in [5.41, 5.74) is 0.418. The molecule has 0 amide bonds. The standard InChI is InChI=1S/C28H74O8Si10/c1-27(2)28(29)30-25-24-26-46(43(18,19)34-40(12,13)31-37(3,4)5,44(20,21)35-41(14,15)32-38(6,7)8)45(22,23)36-42(16,17)33-39(9,10)11/h1,24-26H2,2-23H3. The minimum Gasteiger partial charge on any atom is -0.462 e. The van der Waals surface area contributed by atoms with E-state index in [1.165, 1.54) is 0 Å². The van der Waals surface area contributed by atoms with Crippen LogP contribution in [-0.4, -0.2) is 93.3 Å². The predicted octanol–water partition coefficient (Wildman–Crippen LogP) is 9.50. The predicted molar refractivity (Wildman–Crippen MR) is 222 cm³/mol. The second kappa shape index (κ2) is 15.8.